The van der Waals surface area contributed by atoms with Gasteiger partial charge in [0, 0.05) is 0 Å². The van der Waals surface area contributed by atoms with Crippen molar-refractivity contribution in [3.63, 3.8) is 0 Å². The molecular formula is C39H42HfSi. The zero-order chi connectivity index (χ0) is 26.3. The quantitative estimate of drug-likeness (QED) is 0.114. The van der Waals surface area contributed by atoms with Gasteiger partial charge in [-0.3, -0.25) is 0 Å². The molecule has 41 heavy (non-hydrogen) atoms. The van der Waals surface area contributed by atoms with Gasteiger partial charge in [-0.15, -0.1) is 68.3 Å². The monoisotopic (exact) mass is 718 g/mol. The molecule has 0 nitrogen and oxygen atoms in total. The zero-order valence-electron chi connectivity index (χ0n) is 25.5. The molecule has 0 aromatic heterocycles. The fourth-order valence-corrected chi connectivity index (χ4v) is 9.36. The Morgan fingerprint density at radius 3 is 1.32 bits per heavy atom. The van der Waals surface area contributed by atoms with Gasteiger partial charge in [-0.1, -0.05) is 105 Å². The fourth-order valence-electron chi connectivity index (χ4n) is 6.33. The van der Waals surface area contributed by atoms with Crippen molar-refractivity contribution >= 4 is 40.0 Å². The molecular weight excluding hydrogens is 675 g/mol. The topological polar surface area (TPSA) is 0 Å². The maximum absolute atomic E-state index is 2.56. The molecule has 6 rings (SSSR count). The van der Waals surface area contributed by atoms with Crippen LogP contribution < -0.4 is 10.4 Å². The van der Waals surface area contributed by atoms with Gasteiger partial charge in [0.25, 0.3) is 0 Å². The molecule has 0 radical (unpaired) electrons. The van der Waals surface area contributed by atoms with Crippen LogP contribution in [-0.2, 0) is 38.7 Å². The summed E-state index contributed by atoms with van der Waals surface area (Å²) in [6.45, 7) is 9.46. The maximum atomic E-state index is 2.56. The third-order valence-electron chi connectivity index (χ3n) is 8.86. The Hall–Kier alpha value is -2.81. The summed E-state index contributed by atoms with van der Waals surface area (Å²) >= 11 is 0. The first kappa shape index (κ1) is 32.7. The van der Waals surface area contributed by atoms with Crippen LogP contribution in [0.5, 0.6) is 0 Å². The van der Waals surface area contributed by atoms with Crippen LogP contribution in [0.1, 0.15) is 31.9 Å². The summed E-state index contributed by atoms with van der Waals surface area (Å²) in [5.41, 5.74) is 8.31. The Morgan fingerprint density at radius 1 is 0.537 bits per heavy atom. The molecule has 0 N–H and O–H groups in total. The van der Waals surface area contributed by atoms with Gasteiger partial charge in [-0.25, -0.2) is 0 Å². The molecule has 0 heterocycles. The molecule has 0 aliphatic heterocycles. The molecule has 0 fully saturated rings. The summed E-state index contributed by atoms with van der Waals surface area (Å²) in [6, 6.07) is 42.7. The molecule has 0 unspecified atom stereocenters. The fraction of sp³-hybridized carbons (Fsp3) is 0.179. The van der Waals surface area contributed by atoms with Gasteiger partial charge in [0.1, 0.15) is 0 Å². The second kappa shape index (κ2) is 13.4. The number of rotatable bonds is 7. The second-order valence-corrected chi connectivity index (χ2v) is 15.3. The van der Waals surface area contributed by atoms with Crippen LogP contribution in [0.15, 0.2) is 109 Å². The summed E-state index contributed by atoms with van der Waals surface area (Å²) in [5, 5.41) is 8.60. The van der Waals surface area contributed by atoms with Crippen LogP contribution in [0, 0.1) is 14.9 Å². The van der Waals surface area contributed by atoms with Gasteiger partial charge < -0.3 is 14.9 Å². The van der Waals surface area contributed by atoms with Crippen LogP contribution in [-0.4, -0.2) is 8.07 Å². The molecule has 0 atom stereocenters. The van der Waals surface area contributed by atoms with Crippen molar-refractivity contribution in [3.8, 4) is 22.3 Å². The van der Waals surface area contributed by atoms with Gasteiger partial charge in [0.15, 0.2) is 0 Å². The number of fused-ring (bicyclic) bond motifs is 2. The van der Waals surface area contributed by atoms with E-state index in [-0.39, 0.29) is 40.7 Å². The van der Waals surface area contributed by atoms with Crippen molar-refractivity contribution in [3.05, 3.63) is 135 Å². The zero-order valence-corrected chi connectivity index (χ0v) is 30.1. The van der Waals surface area contributed by atoms with E-state index in [2.05, 4.69) is 137 Å². The first-order valence-corrected chi connectivity index (χ1v) is 16.8. The van der Waals surface area contributed by atoms with Gasteiger partial charge in [-0.2, -0.15) is 12.1 Å². The molecule has 0 saturated heterocycles. The van der Waals surface area contributed by atoms with Crippen molar-refractivity contribution in [2.24, 2.45) is 0 Å². The minimum Gasteiger partial charge on any atom is -0.358 e. The minimum atomic E-state index is -1.93. The minimum absolute atomic E-state index is 0. The third-order valence-corrected chi connectivity index (χ3v) is 13.4. The van der Waals surface area contributed by atoms with E-state index in [4.69, 9.17) is 0 Å². The molecule has 6 aromatic carbocycles. The van der Waals surface area contributed by atoms with Gasteiger partial charge >= 0.3 is 25.8 Å². The van der Waals surface area contributed by atoms with Gasteiger partial charge in [0.2, 0.25) is 0 Å². The predicted octanol–water partition coefficient (Wildman–Crippen LogP) is 10.0. The first-order chi connectivity index (χ1) is 18.6. The molecule has 0 aliphatic carbocycles. The maximum Gasteiger partial charge on any atom is 4.00 e. The van der Waals surface area contributed by atoms with Crippen LogP contribution in [0.4, 0.5) is 0 Å². The number of benzene rings is 4. The first-order valence-electron chi connectivity index (χ1n) is 14.1. The number of hydrogen-bond donors (Lipinski definition) is 0. The summed E-state index contributed by atoms with van der Waals surface area (Å²) in [6.07, 6.45) is 2.09. The van der Waals surface area contributed by atoms with E-state index in [0.29, 0.717) is 0 Å². The van der Waals surface area contributed by atoms with E-state index in [1.54, 1.807) is 10.4 Å². The Kier molecular flexibility index (Phi) is 10.7. The number of hydrogen-bond acceptors (Lipinski definition) is 0. The van der Waals surface area contributed by atoms with Crippen LogP contribution in [0.25, 0.3) is 43.8 Å². The average Bonchev–Trinajstić information content (AvgIpc) is 3.62. The number of aryl methyl sites for hydroxylation is 2. The summed E-state index contributed by atoms with van der Waals surface area (Å²) in [5.74, 6) is 0. The standard InChI is InChI=1S/C37H36Si.2CH3.Hf/c1-5-26-14-8-10-18-32(26)34-20-12-16-28-22-30(24-36(28)34)38(4,7-3)31-23-29-17-13-21-35(37(29)25-31)33-19-11-9-15-27(33)6-2;;;/h8-25H,5-7H2,1-4H3;2*1H3;/q-2;2*-1;+4. The average molecular weight is 717 g/mol. The van der Waals surface area contributed by atoms with Crippen LogP contribution in [0.3, 0.4) is 0 Å². The largest absolute Gasteiger partial charge is 4.00 e. The molecule has 0 aliphatic rings. The van der Waals surface area contributed by atoms with Gasteiger partial charge in [0.05, 0.1) is 8.07 Å². The molecule has 6 aromatic rings. The smallest absolute Gasteiger partial charge is 0.358 e. The Balaban J connectivity index is 0.00000154. The SMILES string of the molecule is CCc1ccccc1-c1cccc2[cH-]c([Si](C)(CC)c3cc4c(-c5ccccc5CC)cccc4[cH-]3)cc12.[CH3-].[CH3-].[Hf+4]. The van der Waals surface area contributed by atoms with E-state index in [0.717, 1.165) is 12.8 Å². The Morgan fingerprint density at radius 2 is 0.927 bits per heavy atom. The van der Waals surface area contributed by atoms with Crippen LogP contribution in [0.2, 0.25) is 12.6 Å². The van der Waals surface area contributed by atoms with E-state index in [1.165, 1.54) is 61.0 Å². The van der Waals surface area contributed by atoms with Crippen molar-refractivity contribution in [2.75, 3.05) is 0 Å². The van der Waals surface area contributed by atoms with Crippen LogP contribution >= 0.6 is 0 Å². The Labute approximate surface area is 268 Å². The molecule has 0 spiro atoms. The second-order valence-electron chi connectivity index (χ2n) is 10.8. The molecule has 2 heteroatoms. The van der Waals surface area contributed by atoms with E-state index in [1.807, 2.05) is 0 Å². The van der Waals surface area contributed by atoms with Crippen molar-refractivity contribution in [1.29, 1.82) is 0 Å². The van der Waals surface area contributed by atoms with E-state index < -0.39 is 8.07 Å². The summed E-state index contributed by atoms with van der Waals surface area (Å²) < 4.78 is 0. The van der Waals surface area contributed by atoms with E-state index >= 15 is 0 Å². The molecule has 206 valence electrons. The van der Waals surface area contributed by atoms with Crippen molar-refractivity contribution in [1.82, 2.24) is 0 Å². The predicted molar refractivity (Wildman–Crippen MR) is 183 cm³/mol. The third kappa shape index (κ3) is 5.66. The summed E-state index contributed by atoms with van der Waals surface area (Å²) in [7, 11) is -1.93. The molecule has 0 saturated carbocycles. The summed E-state index contributed by atoms with van der Waals surface area (Å²) in [4.78, 5) is 0. The molecule has 0 bridgehead atoms. The molecule has 0 amide bonds. The normalized spacial score (nSPS) is 11.1. The van der Waals surface area contributed by atoms with Crippen molar-refractivity contribution < 1.29 is 25.8 Å². The Bertz CT molecular complexity index is 1620. The van der Waals surface area contributed by atoms with E-state index in [9.17, 15) is 0 Å². The van der Waals surface area contributed by atoms with Gasteiger partial charge in [-0.05, 0) is 35.1 Å². The van der Waals surface area contributed by atoms with Crippen molar-refractivity contribution in [2.45, 2.75) is 46.2 Å².